The summed E-state index contributed by atoms with van der Waals surface area (Å²) in [5.41, 5.74) is 1.40. The maximum atomic E-state index is 13.0. The molecule has 3 aromatic rings. The van der Waals surface area contributed by atoms with E-state index >= 15 is 0 Å². The van der Waals surface area contributed by atoms with Gasteiger partial charge in [0.15, 0.2) is 0 Å². The SMILES string of the molecule is O=C(CN1CCN(CC(=O)Nc2cccc3ccccc23)CC1)Nc1ccc(F)cc1. The van der Waals surface area contributed by atoms with Crippen LogP contribution in [0.5, 0.6) is 0 Å². The van der Waals surface area contributed by atoms with Crippen molar-refractivity contribution in [2.45, 2.75) is 0 Å². The van der Waals surface area contributed by atoms with Crippen LogP contribution in [0.2, 0.25) is 0 Å². The predicted molar refractivity (Wildman–Crippen MR) is 120 cm³/mol. The summed E-state index contributed by atoms with van der Waals surface area (Å²) < 4.78 is 13.0. The molecule has 1 aliphatic heterocycles. The molecule has 6 nitrogen and oxygen atoms in total. The molecule has 1 aliphatic rings. The molecule has 0 bridgehead atoms. The Kier molecular flexibility index (Phi) is 6.54. The van der Waals surface area contributed by atoms with Crippen molar-refractivity contribution < 1.29 is 14.0 Å². The van der Waals surface area contributed by atoms with E-state index in [-0.39, 0.29) is 24.2 Å². The van der Waals surface area contributed by atoms with E-state index < -0.39 is 0 Å². The number of nitrogens with one attached hydrogen (secondary N) is 2. The summed E-state index contributed by atoms with van der Waals surface area (Å²) in [5, 5.41) is 7.91. The van der Waals surface area contributed by atoms with Crippen molar-refractivity contribution in [2.24, 2.45) is 0 Å². The summed E-state index contributed by atoms with van der Waals surface area (Å²) >= 11 is 0. The van der Waals surface area contributed by atoms with Gasteiger partial charge < -0.3 is 10.6 Å². The maximum Gasteiger partial charge on any atom is 0.238 e. The number of rotatable bonds is 6. The zero-order chi connectivity index (χ0) is 21.6. The number of amides is 2. The van der Waals surface area contributed by atoms with Gasteiger partial charge in [-0.05, 0) is 35.7 Å². The van der Waals surface area contributed by atoms with Crippen molar-refractivity contribution in [2.75, 3.05) is 49.9 Å². The predicted octanol–water partition coefficient (Wildman–Crippen LogP) is 3.17. The first-order chi connectivity index (χ1) is 15.1. The molecule has 0 saturated carbocycles. The van der Waals surface area contributed by atoms with Gasteiger partial charge >= 0.3 is 0 Å². The monoisotopic (exact) mass is 420 g/mol. The molecular weight excluding hydrogens is 395 g/mol. The number of nitrogens with zero attached hydrogens (tertiary/aromatic N) is 2. The molecule has 0 aliphatic carbocycles. The fourth-order valence-corrected chi connectivity index (χ4v) is 3.77. The summed E-state index contributed by atoms with van der Waals surface area (Å²) in [7, 11) is 0. The lowest BCUT2D eigenvalue weighted by atomic mass is 10.1. The van der Waals surface area contributed by atoms with Gasteiger partial charge in [-0.25, -0.2) is 4.39 Å². The molecule has 4 rings (SSSR count). The Morgan fingerprint density at radius 2 is 1.32 bits per heavy atom. The van der Waals surface area contributed by atoms with Crippen LogP contribution >= 0.6 is 0 Å². The molecule has 1 heterocycles. The number of fused-ring (bicyclic) bond motifs is 1. The molecule has 31 heavy (non-hydrogen) atoms. The molecule has 2 amide bonds. The zero-order valence-electron chi connectivity index (χ0n) is 17.2. The molecule has 2 N–H and O–H groups in total. The van der Waals surface area contributed by atoms with E-state index in [2.05, 4.69) is 20.4 Å². The van der Waals surface area contributed by atoms with Gasteiger partial charge in [0.1, 0.15) is 5.82 Å². The second-order valence-electron chi connectivity index (χ2n) is 7.68. The third-order valence-electron chi connectivity index (χ3n) is 5.39. The highest BCUT2D eigenvalue weighted by Crippen LogP contribution is 2.22. The average molecular weight is 420 g/mol. The minimum Gasteiger partial charge on any atom is -0.325 e. The highest BCUT2D eigenvalue weighted by atomic mass is 19.1. The number of carbonyl (C=O) groups excluding carboxylic acids is 2. The number of benzene rings is 3. The number of anilines is 2. The highest BCUT2D eigenvalue weighted by Gasteiger charge is 2.21. The molecule has 0 spiro atoms. The van der Waals surface area contributed by atoms with E-state index in [1.165, 1.54) is 12.1 Å². The largest absolute Gasteiger partial charge is 0.325 e. The third-order valence-corrected chi connectivity index (χ3v) is 5.39. The van der Waals surface area contributed by atoms with Crippen molar-refractivity contribution in [1.82, 2.24) is 9.80 Å². The Hall–Kier alpha value is -3.29. The second kappa shape index (κ2) is 9.68. The summed E-state index contributed by atoms with van der Waals surface area (Å²) in [6.45, 7) is 3.43. The maximum absolute atomic E-state index is 13.0. The molecule has 0 aromatic heterocycles. The Labute approximate surface area is 180 Å². The number of piperazine rings is 1. The van der Waals surface area contributed by atoms with Crippen LogP contribution in [0.3, 0.4) is 0 Å². The van der Waals surface area contributed by atoms with E-state index in [0.29, 0.717) is 38.4 Å². The van der Waals surface area contributed by atoms with Crippen molar-refractivity contribution >= 4 is 34.0 Å². The van der Waals surface area contributed by atoms with Gasteiger partial charge in [-0.15, -0.1) is 0 Å². The summed E-state index contributed by atoms with van der Waals surface area (Å²) in [6.07, 6.45) is 0. The third kappa shape index (κ3) is 5.65. The first-order valence-corrected chi connectivity index (χ1v) is 10.3. The smallest absolute Gasteiger partial charge is 0.238 e. The molecule has 0 atom stereocenters. The molecular formula is C24H25FN4O2. The molecule has 1 fully saturated rings. The van der Waals surface area contributed by atoms with Crippen LogP contribution in [-0.2, 0) is 9.59 Å². The lowest BCUT2D eigenvalue weighted by Crippen LogP contribution is -2.50. The summed E-state index contributed by atoms with van der Waals surface area (Å²) in [4.78, 5) is 28.9. The van der Waals surface area contributed by atoms with Gasteiger partial charge in [-0.1, -0.05) is 36.4 Å². The molecule has 7 heteroatoms. The van der Waals surface area contributed by atoms with Gasteiger partial charge in [0.05, 0.1) is 13.1 Å². The first kappa shape index (κ1) is 21.0. The Morgan fingerprint density at radius 1 is 0.742 bits per heavy atom. The zero-order valence-corrected chi connectivity index (χ0v) is 17.2. The van der Waals surface area contributed by atoms with E-state index in [4.69, 9.17) is 0 Å². The lowest BCUT2D eigenvalue weighted by Gasteiger charge is -2.33. The van der Waals surface area contributed by atoms with Crippen LogP contribution in [-0.4, -0.2) is 60.9 Å². The number of hydrogen-bond acceptors (Lipinski definition) is 4. The Morgan fingerprint density at radius 3 is 2.00 bits per heavy atom. The normalized spacial score (nSPS) is 15.0. The highest BCUT2D eigenvalue weighted by molar-refractivity contribution is 6.02. The molecule has 0 unspecified atom stereocenters. The second-order valence-corrected chi connectivity index (χ2v) is 7.68. The molecule has 3 aromatic carbocycles. The van der Waals surface area contributed by atoms with Crippen LogP contribution in [0.15, 0.2) is 66.7 Å². The number of hydrogen-bond donors (Lipinski definition) is 2. The Balaban J connectivity index is 1.23. The van der Waals surface area contributed by atoms with Gasteiger partial charge in [0.2, 0.25) is 11.8 Å². The minimum atomic E-state index is -0.335. The van der Waals surface area contributed by atoms with Crippen LogP contribution < -0.4 is 10.6 Å². The van der Waals surface area contributed by atoms with Crippen molar-refractivity contribution in [3.05, 3.63) is 72.5 Å². The summed E-state index contributed by atoms with van der Waals surface area (Å²) in [5.74, 6) is -0.508. The first-order valence-electron chi connectivity index (χ1n) is 10.3. The lowest BCUT2D eigenvalue weighted by molar-refractivity contribution is -0.120. The summed E-state index contributed by atoms with van der Waals surface area (Å²) in [6, 6.07) is 19.6. The quantitative estimate of drug-likeness (QED) is 0.643. The molecule has 160 valence electrons. The van der Waals surface area contributed by atoms with Crippen molar-refractivity contribution in [3.8, 4) is 0 Å². The Bertz CT molecular complexity index is 1060. The molecule has 0 radical (unpaired) electrons. The standard InChI is InChI=1S/C24H25FN4O2/c25-19-8-10-20(11-9-19)26-23(30)16-28-12-14-29(15-13-28)17-24(31)27-22-7-3-5-18-4-1-2-6-21(18)22/h1-11H,12-17H2,(H,26,30)(H,27,31). The topological polar surface area (TPSA) is 64.7 Å². The van der Waals surface area contributed by atoms with Crippen LogP contribution in [0.25, 0.3) is 10.8 Å². The molecule has 1 saturated heterocycles. The average Bonchev–Trinajstić information content (AvgIpc) is 2.77. The van der Waals surface area contributed by atoms with Gasteiger partial charge in [-0.2, -0.15) is 0 Å². The van der Waals surface area contributed by atoms with Crippen LogP contribution in [0.1, 0.15) is 0 Å². The van der Waals surface area contributed by atoms with E-state index in [0.717, 1.165) is 16.5 Å². The van der Waals surface area contributed by atoms with Crippen molar-refractivity contribution in [1.29, 1.82) is 0 Å². The number of carbonyl (C=O) groups is 2. The van der Waals surface area contributed by atoms with E-state index in [1.54, 1.807) is 12.1 Å². The van der Waals surface area contributed by atoms with Gasteiger partial charge in [0.25, 0.3) is 0 Å². The van der Waals surface area contributed by atoms with Gasteiger partial charge in [-0.3, -0.25) is 19.4 Å². The van der Waals surface area contributed by atoms with E-state index in [9.17, 15) is 14.0 Å². The number of halogens is 1. The van der Waals surface area contributed by atoms with Gasteiger partial charge in [0, 0.05) is 42.9 Å². The van der Waals surface area contributed by atoms with Crippen LogP contribution in [0.4, 0.5) is 15.8 Å². The van der Waals surface area contributed by atoms with Crippen LogP contribution in [0, 0.1) is 5.82 Å². The van der Waals surface area contributed by atoms with E-state index in [1.807, 2.05) is 42.5 Å². The minimum absolute atomic E-state index is 0.0427. The fraction of sp³-hybridized carbons (Fsp3) is 0.250. The van der Waals surface area contributed by atoms with Crippen molar-refractivity contribution in [3.63, 3.8) is 0 Å². The fourth-order valence-electron chi connectivity index (χ4n) is 3.77.